The van der Waals surface area contributed by atoms with Crippen molar-refractivity contribution in [2.75, 3.05) is 11.1 Å². The Balaban J connectivity index is 1.54. The number of amides is 1. The summed E-state index contributed by atoms with van der Waals surface area (Å²) in [5.41, 5.74) is 5.96. The van der Waals surface area contributed by atoms with Crippen molar-refractivity contribution in [3.8, 4) is 22.6 Å². The van der Waals surface area contributed by atoms with Gasteiger partial charge < -0.3 is 9.88 Å². The van der Waals surface area contributed by atoms with Gasteiger partial charge in [0.25, 0.3) is 0 Å². The van der Waals surface area contributed by atoms with E-state index in [2.05, 4.69) is 51.8 Å². The normalized spacial score (nSPS) is 11.0. The van der Waals surface area contributed by atoms with Crippen molar-refractivity contribution in [1.29, 1.82) is 0 Å². The van der Waals surface area contributed by atoms with E-state index < -0.39 is 0 Å². The summed E-state index contributed by atoms with van der Waals surface area (Å²) in [6, 6.07) is 16.0. The molecule has 4 aromatic rings. The van der Waals surface area contributed by atoms with Crippen LogP contribution in [0, 0.1) is 13.8 Å². The van der Waals surface area contributed by atoms with Crippen LogP contribution in [0.5, 0.6) is 0 Å². The van der Waals surface area contributed by atoms with Crippen LogP contribution in [0.3, 0.4) is 0 Å². The highest BCUT2D eigenvalue weighted by Crippen LogP contribution is 2.32. The molecule has 7 nitrogen and oxygen atoms in total. The molecule has 1 N–H and O–H groups in total. The Labute approximate surface area is 191 Å². The van der Waals surface area contributed by atoms with Crippen LogP contribution in [0.15, 0.2) is 59.9 Å². The first-order valence-corrected chi connectivity index (χ1v) is 11.5. The molecular weight excluding hydrogens is 420 g/mol. The van der Waals surface area contributed by atoms with Crippen molar-refractivity contribution in [2.24, 2.45) is 7.05 Å². The number of hydrogen-bond acceptors (Lipinski definition) is 5. The summed E-state index contributed by atoms with van der Waals surface area (Å²) in [4.78, 5) is 12.4. The van der Waals surface area contributed by atoms with E-state index in [9.17, 15) is 4.79 Å². The number of thioether (sulfide) groups is 1. The maximum atomic E-state index is 12.4. The molecule has 0 spiro atoms. The van der Waals surface area contributed by atoms with E-state index in [1.807, 2.05) is 55.9 Å². The minimum Gasteiger partial charge on any atom is -0.325 e. The smallest absolute Gasteiger partial charge is 0.234 e. The molecule has 0 fully saturated rings. The number of carbonyl (C=O) groups excluding carboxylic acids is 1. The quantitative estimate of drug-likeness (QED) is 0.416. The maximum absolute atomic E-state index is 12.4. The summed E-state index contributed by atoms with van der Waals surface area (Å²) in [7, 11) is 1.90. The van der Waals surface area contributed by atoms with Crippen LogP contribution in [0.2, 0.25) is 0 Å². The van der Waals surface area contributed by atoms with Crippen molar-refractivity contribution in [3.05, 3.63) is 65.9 Å². The summed E-state index contributed by atoms with van der Waals surface area (Å²) in [6.45, 7) is 6.82. The summed E-state index contributed by atoms with van der Waals surface area (Å²) < 4.78 is 3.82. The minimum absolute atomic E-state index is 0.0761. The topological polar surface area (TPSA) is 77.6 Å². The average Bonchev–Trinajstić information content (AvgIpc) is 3.37. The molecule has 0 radical (unpaired) electrons. The highest BCUT2D eigenvalue weighted by atomic mass is 32.2. The van der Waals surface area contributed by atoms with Gasteiger partial charge in [-0.2, -0.15) is 5.10 Å². The number of nitrogens with zero attached hydrogens (tertiary/aromatic N) is 5. The number of aromatic nitrogens is 5. The molecule has 2 aromatic carbocycles. The van der Waals surface area contributed by atoms with E-state index in [1.165, 1.54) is 17.3 Å². The van der Waals surface area contributed by atoms with Crippen molar-refractivity contribution in [2.45, 2.75) is 32.5 Å². The summed E-state index contributed by atoms with van der Waals surface area (Å²) >= 11 is 1.38. The molecule has 0 unspecified atom stereocenters. The Kier molecular flexibility index (Phi) is 6.41. The number of aryl methyl sites for hydroxylation is 3. The van der Waals surface area contributed by atoms with Crippen LogP contribution < -0.4 is 5.32 Å². The molecule has 0 aliphatic heterocycles. The van der Waals surface area contributed by atoms with Crippen LogP contribution in [-0.2, 0) is 18.4 Å². The number of hydrogen-bond donors (Lipinski definition) is 1. The number of carbonyl (C=O) groups is 1. The molecule has 2 heterocycles. The molecule has 4 rings (SSSR count). The molecule has 164 valence electrons. The number of rotatable bonds is 7. The Morgan fingerprint density at radius 3 is 2.31 bits per heavy atom. The lowest BCUT2D eigenvalue weighted by Gasteiger charge is -2.08. The standard InChI is InChI=1S/C24H26N6OS/c1-5-30-23(20-14-29(4)28-22(20)18-10-6-16(2)7-11-18)26-27-24(30)32-15-21(31)25-19-12-8-17(3)9-13-19/h6-14H,5,15H2,1-4H3,(H,25,31). The predicted octanol–water partition coefficient (Wildman–Crippen LogP) is 4.71. The zero-order valence-electron chi connectivity index (χ0n) is 18.7. The molecule has 0 aliphatic rings. The lowest BCUT2D eigenvalue weighted by molar-refractivity contribution is -0.113. The van der Waals surface area contributed by atoms with Crippen molar-refractivity contribution in [1.82, 2.24) is 24.5 Å². The van der Waals surface area contributed by atoms with Gasteiger partial charge in [0.05, 0.1) is 11.3 Å². The fourth-order valence-corrected chi connectivity index (χ4v) is 4.22. The van der Waals surface area contributed by atoms with E-state index in [1.54, 1.807) is 4.68 Å². The first-order chi connectivity index (χ1) is 15.4. The first kappa shape index (κ1) is 21.8. The third-order valence-electron chi connectivity index (χ3n) is 5.10. The average molecular weight is 447 g/mol. The maximum Gasteiger partial charge on any atom is 0.234 e. The third kappa shape index (κ3) is 4.75. The zero-order chi connectivity index (χ0) is 22.7. The molecule has 8 heteroatoms. The van der Waals surface area contributed by atoms with E-state index in [0.29, 0.717) is 11.7 Å². The number of anilines is 1. The Morgan fingerprint density at radius 1 is 1.00 bits per heavy atom. The molecule has 0 bridgehead atoms. The SMILES string of the molecule is CCn1c(SCC(=O)Nc2ccc(C)cc2)nnc1-c1cn(C)nc1-c1ccc(C)cc1. The van der Waals surface area contributed by atoms with Crippen LogP contribution in [0.25, 0.3) is 22.6 Å². The van der Waals surface area contributed by atoms with Crippen molar-refractivity contribution >= 4 is 23.4 Å². The fraction of sp³-hybridized carbons (Fsp3) is 0.250. The lowest BCUT2D eigenvalue weighted by atomic mass is 10.1. The van der Waals surface area contributed by atoms with Gasteiger partial charge in [-0.1, -0.05) is 59.3 Å². The van der Waals surface area contributed by atoms with Gasteiger partial charge in [0.15, 0.2) is 11.0 Å². The molecule has 0 saturated carbocycles. The summed E-state index contributed by atoms with van der Waals surface area (Å²) in [5.74, 6) is 0.926. The second-order valence-corrected chi connectivity index (χ2v) is 8.63. The van der Waals surface area contributed by atoms with Gasteiger partial charge in [-0.25, -0.2) is 0 Å². The van der Waals surface area contributed by atoms with Gasteiger partial charge in [-0.05, 0) is 32.9 Å². The van der Waals surface area contributed by atoms with Crippen LogP contribution in [0.1, 0.15) is 18.1 Å². The van der Waals surface area contributed by atoms with Crippen LogP contribution >= 0.6 is 11.8 Å². The Bertz CT molecular complexity index is 1220. The van der Waals surface area contributed by atoms with Crippen LogP contribution in [0.4, 0.5) is 5.69 Å². The van der Waals surface area contributed by atoms with Gasteiger partial charge in [-0.15, -0.1) is 10.2 Å². The highest BCUT2D eigenvalue weighted by Gasteiger charge is 2.20. The van der Waals surface area contributed by atoms with Crippen molar-refractivity contribution < 1.29 is 4.79 Å². The van der Waals surface area contributed by atoms with Gasteiger partial charge >= 0.3 is 0 Å². The predicted molar refractivity (Wildman–Crippen MR) is 129 cm³/mol. The molecule has 0 saturated heterocycles. The molecule has 32 heavy (non-hydrogen) atoms. The van der Waals surface area contributed by atoms with Gasteiger partial charge in [-0.3, -0.25) is 9.48 Å². The van der Waals surface area contributed by atoms with E-state index in [-0.39, 0.29) is 11.7 Å². The van der Waals surface area contributed by atoms with E-state index in [0.717, 1.165) is 33.9 Å². The van der Waals surface area contributed by atoms with E-state index >= 15 is 0 Å². The number of benzene rings is 2. The summed E-state index contributed by atoms with van der Waals surface area (Å²) in [5, 5.41) is 17.1. The number of nitrogens with one attached hydrogen (secondary N) is 1. The molecule has 0 atom stereocenters. The third-order valence-corrected chi connectivity index (χ3v) is 6.06. The van der Waals surface area contributed by atoms with E-state index in [4.69, 9.17) is 0 Å². The molecular formula is C24H26N6OS. The van der Waals surface area contributed by atoms with Crippen LogP contribution in [-0.4, -0.2) is 36.2 Å². The van der Waals surface area contributed by atoms with Gasteiger partial charge in [0.1, 0.15) is 5.69 Å². The zero-order valence-corrected chi connectivity index (χ0v) is 19.5. The highest BCUT2D eigenvalue weighted by molar-refractivity contribution is 7.99. The minimum atomic E-state index is -0.0761. The second kappa shape index (κ2) is 9.40. The Morgan fingerprint density at radius 2 is 1.66 bits per heavy atom. The lowest BCUT2D eigenvalue weighted by Crippen LogP contribution is -2.14. The van der Waals surface area contributed by atoms with Crippen molar-refractivity contribution in [3.63, 3.8) is 0 Å². The molecule has 2 aromatic heterocycles. The Hall–Kier alpha value is -3.39. The van der Waals surface area contributed by atoms with Gasteiger partial charge in [0, 0.05) is 31.0 Å². The molecule has 1 amide bonds. The summed E-state index contributed by atoms with van der Waals surface area (Å²) in [6.07, 6.45) is 1.96. The largest absolute Gasteiger partial charge is 0.325 e. The monoisotopic (exact) mass is 446 g/mol. The van der Waals surface area contributed by atoms with Gasteiger partial charge in [0.2, 0.25) is 5.91 Å². The fourth-order valence-electron chi connectivity index (χ4n) is 3.42. The first-order valence-electron chi connectivity index (χ1n) is 10.5. The molecule has 0 aliphatic carbocycles. The second-order valence-electron chi connectivity index (χ2n) is 7.68.